The van der Waals surface area contributed by atoms with Crippen LogP contribution in [0.4, 0.5) is 11.4 Å². The van der Waals surface area contributed by atoms with E-state index in [1.165, 1.54) is 128 Å². The Balaban J connectivity index is 1.56. The lowest BCUT2D eigenvalue weighted by atomic mass is 9.59. The summed E-state index contributed by atoms with van der Waals surface area (Å²) < 4.78 is 0. The number of rotatable bonds is 19. The van der Waals surface area contributed by atoms with Gasteiger partial charge in [-0.3, -0.25) is 0 Å². The summed E-state index contributed by atoms with van der Waals surface area (Å²) >= 11 is 0. The molecule has 2 atom stereocenters. The smallest absolute Gasteiger partial charge is 0.0316 e. The van der Waals surface area contributed by atoms with E-state index in [-0.39, 0.29) is 5.41 Å². The molecular weight excluding hydrogens is 629 g/mol. The molecule has 1 aliphatic rings. The molecule has 2 unspecified atom stereocenters. The number of benzene rings is 4. The Morgan fingerprint density at radius 2 is 0.981 bits per heavy atom. The molecule has 5 rings (SSSR count). The van der Waals surface area contributed by atoms with E-state index in [1.807, 2.05) is 0 Å². The van der Waals surface area contributed by atoms with Crippen molar-refractivity contribution in [2.75, 3.05) is 11.5 Å². The van der Waals surface area contributed by atoms with Crippen LogP contribution in [0.3, 0.4) is 0 Å². The van der Waals surface area contributed by atoms with Crippen molar-refractivity contribution < 1.29 is 0 Å². The summed E-state index contributed by atoms with van der Waals surface area (Å²) in [5.74, 6) is 1.44. The fourth-order valence-electron chi connectivity index (χ4n) is 9.87. The van der Waals surface area contributed by atoms with E-state index in [1.54, 1.807) is 0 Å². The van der Waals surface area contributed by atoms with Crippen molar-refractivity contribution in [2.45, 2.75) is 161 Å². The van der Waals surface area contributed by atoms with Gasteiger partial charge in [0.1, 0.15) is 0 Å². The fourth-order valence-corrected chi connectivity index (χ4v) is 9.87. The van der Waals surface area contributed by atoms with Crippen LogP contribution in [0, 0.1) is 19.8 Å². The molecule has 1 aliphatic carbocycles. The molecule has 4 N–H and O–H groups in total. The maximum absolute atomic E-state index is 6.19. The predicted molar refractivity (Wildman–Crippen MR) is 228 cm³/mol. The molecule has 2 heteroatoms. The normalized spacial score (nSPS) is 16.0. The minimum atomic E-state index is 0.0234. The molecule has 4 aromatic carbocycles. The van der Waals surface area contributed by atoms with Gasteiger partial charge in [-0.2, -0.15) is 0 Å². The van der Waals surface area contributed by atoms with Crippen LogP contribution in [0.2, 0.25) is 0 Å². The number of nitrogens with two attached hydrogens (primary N) is 2. The number of unbranched alkanes of at least 4 members (excludes halogenated alkanes) is 6. The second-order valence-electron chi connectivity index (χ2n) is 16.3. The molecule has 52 heavy (non-hydrogen) atoms. The minimum Gasteiger partial charge on any atom is -0.399 e. The van der Waals surface area contributed by atoms with E-state index in [0.717, 1.165) is 37.1 Å². The van der Waals surface area contributed by atoms with Gasteiger partial charge in [0.2, 0.25) is 0 Å². The lowest BCUT2D eigenvalue weighted by Crippen LogP contribution is -2.38. The van der Waals surface area contributed by atoms with Gasteiger partial charge in [-0.25, -0.2) is 0 Å². The molecule has 0 amide bonds. The average Bonchev–Trinajstić information content (AvgIpc) is 3.15. The number of nitrogen functional groups attached to an aromatic ring is 2. The van der Waals surface area contributed by atoms with Crippen molar-refractivity contribution in [3.8, 4) is 0 Å². The Labute approximate surface area is 318 Å². The summed E-state index contributed by atoms with van der Waals surface area (Å²) in [6, 6.07) is 33.1. The van der Waals surface area contributed by atoms with Crippen LogP contribution in [-0.4, -0.2) is 0 Å². The van der Waals surface area contributed by atoms with Crippen molar-refractivity contribution in [3.63, 3.8) is 0 Å². The molecular formula is C50H70N2. The first-order valence-electron chi connectivity index (χ1n) is 21.2. The summed E-state index contributed by atoms with van der Waals surface area (Å²) in [4.78, 5) is 0. The topological polar surface area (TPSA) is 52.0 Å². The molecule has 1 saturated carbocycles. The van der Waals surface area contributed by atoms with Gasteiger partial charge in [-0.15, -0.1) is 0 Å². The summed E-state index contributed by atoms with van der Waals surface area (Å²) in [6.07, 6.45) is 22.0. The van der Waals surface area contributed by atoms with Gasteiger partial charge in [0.25, 0.3) is 0 Å². The van der Waals surface area contributed by atoms with Crippen LogP contribution in [0.15, 0.2) is 84.9 Å². The lowest BCUT2D eigenvalue weighted by molar-refractivity contribution is 0.220. The van der Waals surface area contributed by atoms with Crippen molar-refractivity contribution in [2.24, 2.45) is 5.92 Å². The molecule has 0 bridgehead atoms. The third-order valence-corrected chi connectivity index (χ3v) is 12.6. The van der Waals surface area contributed by atoms with E-state index >= 15 is 0 Å². The maximum atomic E-state index is 6.19. The van der Waals surface area contributed by atoms with Crippen molar-refractivity contribution in [3.05, 3.63) is 129 Å². The predicted octanol–water partition coefficient (Wildman–Crippen LogP) is 14.3. The molecule has 0 spiro atoms. The van der Waals surface area contributed by atoms with Gasteiger partial charge in [0, 0.05) is 28.6 Å². The van der Waals surface area contributed by atoms with Gasteiger partial charge in [-0.1, -0.05) is 158 Å². The third-order valence-electron chi connectivity index (χ3n) is 12.6. The largest absolute Gasteiger partial charge is 0.399 e. The highest BCUT2D eigenvalue weighted by Gasteiger charge is 2.42. The number of anilines is 2. The summed E-state index contributed by atoms with van der Waals surface area (Å²) in [7, 11) is 0. The zero-order chi connectivity index (χ0) is 36.9. The Hall–Kier alpha value is -3.52. The molecule has 0 aromatic heterocycles. The molecule has 280 valence electrons. The van der Waals surface area contributed by atoms with Gasteiger partial charge < -0.3 is 11.5 Å². The molecule has 0 saturated heterocycles. The van der Waals surface area contributed by atoms with Crippen molar-refractivity contribution in [1.82, 2.24) is 0 Å². The second kappa shape index (κ2) is 19.5. The van der Waals surface area contributed by atoms with Crippen LogP contribution < -0.4 is 11.5 Å². The standard InChI is InChI=1S/C50H70N2/c1-6-9-10-11-12-13-17-34-50(41-20-15-14-16-21-41,42-26-22-39(23-27-42)48(18-7-2)46-32-30-44(51)35-37(46)4)43-28-24-40(25-29-43)49(19-8-3)47-33-31-45(52)36-38(47)5/h22-33,35-36,41,48-49H,6-21,34,51-52H2,1-5H3. The van der Waals surface area contributed by atoms with Crippen LogP contribution in [0.1, 0.15) is 186 Å². The first-order chi connectivity index (χ1) is 25.3. The molecule has 0 radical (unpaired) electrons. The summed E-state index contributed by atoms with van der Waals surface area (Å²) in [5.41, 5.74) is 25.5. The van der Waals surface area contributed by atoms with Gasteiger partial charge in [-0.05, 0) is 121 Å². The Morgan fingerprint density at radius 1 is 0.538 bits per heavy atom. The number of hydrogen-bond donors (Lipinski definition) is 2. The van der Waals surface area contributed by atoms with E-state index in [0.29, 0.717) is 17.8 Å². The number of aryl methyl sites for hydroxylation is 2. The minimum absolute atomic E-state index is 0.0234. The van der Waals surface area contributed by atoms with E-state index < -0.39 is 0 Å². The highest BCUT2D eigenvalue weighted by atomic mass is 14.5. The molecule has 2 nitrogen and oxygen atoms in total. The van der Waals surface area contributed by atoms with Crippen LogP contribution >= 0.6 is 0 Å². The summed E-state index contributed by atoms with van der Waals surface area (Å²) in [5, 5.41) is 0. The maximum Gasteiger partial charge on any atom is 0.0316 e. The first-order valence-corrected chi connectivity index (χ1v) is 21.2. The van der Waals surface area contributed by atoms with Gasteiger partial charge in [0.15, 0.2) is 0 Å². The molecule has 1 fully saturated rings. The zero-order valence-electron chi connectivity index (χ0n) is 33.5. The third kappa shape index (κ3) is 9.52. The fraction of sp³-hybridized carbons (Fsp3) is 0.520. The second-order valence-corrected chi connectivity index (χ2v) is 16.3. The van der Waals surface area contributed by atoms with E-state index in [9.17, 15) is 0 Å². The monoisotopic (exact) mass is 699 g/mol. The highest BCUT2D eigenvalue weighted by molar-refractivity contribution is 5.51. The average molecular weight is 699 g/mol. The molecule has 4 aromatic rings. The van der Waals surface area contributed by atoms with Crippen LogP contribution in [0.5, 0.6) is 0 Å². The van der Waals surface area contributed by atoms with Crippen molar-refractivity contribution >= 4 is 11.4 Å². The molecule has 0 aliphatic heterocycles. The van der Waals surface area contributed by atoms with Gasteiger partial charge >= 0.3 is 0 Å². The van der Waals surface area contributed by atoms with Crippen LogP contribution in [-0.2, 0) is 5.41 Å². The van der Waals surface area contributed by atoms with Crippen LogP contribution in [0.25, 0.3) is 0 Å². The Kier molecular flexibility index (Phi) is 14.9. The van der Waals surface area contributed by atoms with E-state index in [2.05, 4.69) is 120 Å². The SMILES string of the molecule is CCCCCCCCCC(c1ccc(C(CCC)c2ccc(N)cc2C)cc1)(c1ccc(C(CCC)c2ccc(N)cc2C)cc1)C1CCCCC1. The molecule has 0 heterocycles. The van der Waals surface area contributed by atoms with E-state index in [4.69, 9.17) is 11.5 Å². The Morgan fingerprint density at radius 3 is 1.40 bits per heavy atom. The van der Waals surface area contributed by atoms with Crippen molar-refractivity contribution in [1.29, 1.82) is 0 Å². The van der Waals surface area contributed by atoms with Gasteiger partial charge in [0.05, 0.1) is 0 Å². The Bertz CT molecular complexity index is 1540. The summed E-state index contributed by atoms with van der Waals surface area (Å²) in [6.45, 7) is 11.4. The quantitative estimate of drug-likeness (QED) is 0.0756. The first kappa shape index (κ1) is 39.7. The number of hydrogen-bond acceptors (Lipinski definition) is 2. The highest BCUT2D eigenvalue weighted by Crippen LogP contribution is 2.50. The zero-order valence-corrected chi connectivity index (χ0v) is 33.5. The lowest BCUT2D eigenvalue weighted by Gasteiger charge is -2.45.